The molecular weight excluding hydrogens is 438 g/mol. The van der Waals surface area contributed by atoms with Gasteiger partial charge in [0.15, 0.2) is 0 Å². The number of carbonyl (C=O) groups excluding carboxylic acids is 1. The number of carbonyl (C=O) groups is 1. The van der Waals surface area contributed by atoms with Crippen molar-refractivity contribution in [2.24, 2.45) is 0 Å². The number of hydrogen-bond donors (Lipinski definition) is 0. The second-order valence-electron chi connectivity index (χ2n) is 6.81. The first kappa shape index (κ1) is 19.3. The highest BCUT2D eigenvalue weighted by molar-refractivity contribution is 9.10. The molecule has 2 heterocycles. The van der Waals surface area contributed by atoms with Crippen LogP contribution in [0.25, 0.3) is 11.3 Å². The third-order valence-electron chi connectivity index (χ3n) is 5.26. The second kappa shape index (κ2) is 8.15. The van der Waals surface area contributed by atoms with Gasteiger partial charge in [-0.15, -0.1) is 11.3 Å². The standard InChI is InChI=1S/C22H20BrNO3S/c1-26-20(25)16-2-6-17(7-3-16)22(10-12-27-13-11-22)21-24-19(14-28-21)15-4-8-18(23)9-5-15/h2-9,14H,10-13H2,1H3. The quantitative estimate of drug-likeness (QED) is 0.488. The van der Waals surface area contributed by atoms with Crippen LogP contribution in [0.1, 0.15) is 33.8 Å². The Morgan fingerprint density at radius 3 is 2.43 bits per heavy atom. The molecule has 0 radical (unpaired) electrons. The Bertz CT molecular complexity index is 960. The zero-order chi connectivity index (χ0) is 19.6. The summed E-state index contributed by atoms with van der Waals surface area (Å²) in [6.45, 7) is 1.40. The van der Waals surface area contributed by atoms with Gasteiger partial charge in [0.2, 0.25) is 0 Å². The number of benzene rings is 2. The van der Waals surface area contributed by atoms with E-state index in [0.717, 1.165) is 33.6 Å². The van der Waals surface area contributed by atoms with E-state index in [9.17, 15) is 4.79 Å². The molecule has 3 aromatic rings. The molecule has 6 heteroatoms. The number of halogens is 1. The fourth-order valence-electron chi connectivity index (χ4n) is 3.64. The molecule has 1 aliphatic rings. The molecule has 0 N–H and O–H groups in total. The smallest absolute Gasteiger partial charge is 0.337 e. The van der Waals surface area contributed by atoms with E-state index in [4.69, 9.17) is 14.5 Å². The van der Waals surface area contributed by atoms with Crippen LogP contribution >= 0.6 is 27.3 Å². The van der Waals surface area contributed by atoms with Crippen molar-refractivity contribution < 1.29 is 14.3 Å². The Hall–Kier alpha value is -2.02. The molecule has 1 aliphatic heterocycles. The first-order valence-electron chi connectivity index (χ1n) is 9.11. The Balaban J connectivity index is 1.72. The molecule has 1 aromatic heterocycles. The minimum atomic E-state index is -0.320. The Morgan fingerprint density at radius 2 is 1.79 bits per heavy atom. The molecule has 4 rings (SSSR count). The van der Waals surface area contributed by atoms with Gasteiger partial charge < -0.3 is 9.47 Å². The van der Waals surface area contributed by atoms with E-state index in [0.29, 0.717) is 18.8 Å². The Labute approximate surface area is 176 Å². The number of aromatic nitrogens is 1. The van der Waals surface area contributed by atoms with Gasteiger partial charge in [-0.05, 0) is 42.7 Å². The molecule has 1 fully saturated rings. The van der Waals surface area contributed by atoms with E-state index in [1.807, 2.05) is 36.4 Å². The maximum Gasteiger partial charge on any atom is 0.337 e. The zero-order valence-electron chi connectivity index (χ0n) is 15.5. The van der Waals surface area contributed by atoms with E-state index in [1.54, 1.807) is 11.3 Å². The molecule has 144 valence electrons. The summed E-state index contributed by atoms with van der Waals surface area (Å²) in [4.78, 5) is 16.8. The van der Waals surface area contributed by atoms with Crippen LogP contribution in [0, 0.1) is 0 Å². The van der Waals surface area contributed by atoms with E-state index >= 15 is 0 Å². The summed E-state index contributed by atoms with van der Waals surface area (Å²) in [5, 5.41) is 3.22. The van der Waals surface area contributed by atoms with Crippen LogP contribution < -0.4 is 0 Å². The minimum absolute atomic E-state index is 0.189. The topological polar surface area (TPSA) is 48.4 Å². The number of nitrogens with zero attached hydrogens (tertiary/aromatic N) is 1. The maximum absolute atomic E-state index is 11.8. The SMILES string of the molecule is COC(=O)c1ccc(C2(c3nc(-c4ccc(Br)cc4)cs3)CCOCC2)cc1. The van der Waals surface area contributed by atoms with E-state index in [1.165, 1.54) is 12.7 Å². The summed E-state index contributed by atoms with van der Waals surface area (Å²) in [5.41, 5.74) is 3.63. The van der Waals surface area contributed by atoms with Crippen LogP contribution in [0.2, 0.25) is 0 Å². The van der Waals surface area contributed by atoms with E-state index in [-0.39, 0.29) is 11.4 Å². The molecule has 0 unspecified atom stereocenters. The minimum Gasteiger partial charge on any atom is -0.465 e. The van der Waals surface area contributed by atoms with Crippen molar-refractivity contribution in [1.82, 2.24) is 4.98 Å². The van der Waals surface area contributed by atoms with Crippen molar-refractivity contribution >= 4 is 33.2 Å². The van der Waals surface area contributed by atoms with Gasteiger partial charge in [0.05, 0.1) is 23.8 Å². The van der Waals surface area contributed by atoms with Gasteiger partial charge in [0.1, 0.15) is 5.01 Å². The molecule has 0 spiro atoms. The van der Waals surface area contributed by atoms with Crippen LogP contribution in [0.4, 0.5) is 0 Å². The maximum atomic E-state index is 11.8. The molecule has 1 saturated heterocycles. The van der Waals surface area contributed by atoms with Crippen LogP contribution in [0.5, 0.6) is 0 Å². The van der Waals surface area contributed by atoms with Gasteiger partial charge in [-0.2, -0.15) is 0 Å². The summed E-state index contributed by atoms with van der Waals surface area (Å²) in [7, 11) is 1.40. The van der Waals surface area contributed by atoms with Crippen molar-refractivity contribution in [1.29, 1.82) is 0 Å². The largest absolute Gasteiger partial charge is 0.465 e. The van der Waals surface area contributed by atoms with Crippen LogP contribution in [-0.2, 0) is 14.9 Å². The number of rotatable bonds is 4. The average Bonchev–Trinajstić information content (AvgIpc) is 3.25. The lowest BCUT2D eigenvalue weighted by atomic mass is 9.74. The van der Waals surface area contributed by atoms with Crippen LogP contribution in [0.15, 0.2) is 58.4 Å². The van der Waals surface area contributed by atoms with Crippen LogP contribution in [-0.4, -0.2) is 31.3 Å². The molecule has 28 heavy (non-hydrogen) atoms. The van der Waals surface area contributed by atoms with Gasteiger partial charge in [0, 0.05) is 28.6 Å². The van der Waals surface area contributed by atoms with Crippen molar-refractivity contribution in [3.8, 4) is 11.3 Å². The summed E-state index contributed by atoms with van der Waals surface area (Å²) in [6.07, 6.45) is 1.75. The third-order valence-corrected chi connectivity index (χ3v) is 6.83. The van der Waals surface area contributed by atoms with Gasteiger partial charge in [-0.3, -0.25) is 0 Å². The first-order chi connectivity index (χ1) is 13.6. The summed E-state index contributed by atoms with van der Waals surface area (Å²) in [5.74, 6) is -0.320. The van der Waals surface area contributed by atoms with Gasteiger partial charge in [-0.1, -0.05) is 40.2 Å². The summed E-state index contributed by atoms with van der Waals surface area (Å²) >= 11 is 5.18. The van der Waals surface area contributed by atoms with Crippen molar-refractivity contribution in [3.05, 3.63) is 74.5 Å². The molecule has 0 aliphatic carbocycles. The van der Waals surface area contributed by atoms with Crippen molar-refractivity contribution in [3.63, 3.8) is 0 Å². The molecule has 0 amide bonds. The average molecular weight is 458 g/mol. The predicted molar refractivity (Wildman–Crippen MR) is 114 cm³/mol. The number of ether oxygens (including phenoxy) is 2. The fourth-order valence-corrected chi connectivity index (χ4v) is 5.01. The molecule has 0 atom stereocenters. The number of hydrogen-bond acceptors (Lipinski definition) is 5. The first-order valence-corrected chi connectivity index (χ1v) is 10.8. The Morgan fingerprint density at radius 1 is 1.11 bits per heavy atom. The lowest BCUT2D eigenvalue weighted by molar-refractivity contribution is 0.0597. The monoisotopic (exact) mass is 457 g/mol. The van der Waals surface area contributed by atoms with Crippen LogP contribution in [0.3, 0.4) is 0 Å². The fraction of sp³-hybridized carbons (Fsp3) is 0.273. The molecule has 0 bridgehead atoms. The second-order valence-corrected chi connectivity index (χ2v) is 8.58. The summed E-state index contributed by atoms with van der Waals surface area (Å²) in [6, 6.07) is 15.9. The van der Waals surface area contributed by atoms with Gasteiger partial charge >= 0.3 is 5.97 Å². The molecule has 0 saturated carbocycles. The van der Waals surface area contributed by atoms with Gasteiger partial charge in [-0.25, -0.2) is 9.78 Å². The van der Waals surface area contributed by atoms with Gasteiger partial charge in [0.25, 0.3) is 0 Å². The predicted octanol–water partition coefficient (Wildman–Crippen LogP) is 5.46. The lowest BCUT2D eigenvalue weighted by Crippen LogP contribution is -2.35. The highest BCUT2D eigenvalue weighted by Gasteiger charge is 2.39. The number of thiazole rings is 1. The number of methoxy groups -OCH3 is 1. The van der Waals surface area contributed by atoms with E-state index < -0.39 is 0 Å². The normalized spacial score (nSPS) is 15.9. The summed E-state index contributed by atoms with van der Waals surface area (Å²) < 4.78 is 11.5. The lowest BCUT2D eigenvalue weighted by Gasteiger charge is -2.36. The van der Waals surface area contributed by atoms with Crippen molar-refractivity contribution in [2.45, 2.75) is 18.3 Å². The molecule has 4 nitrogen and oxygen atoms in total. The van der Waals surface area contributed by atoms with Crippen molar-refractivity contribution in [2.75, 3.05) is 20.3 Å². The number of esters is 1. The third kappa shape index (κ3) is 3.64. The highest BCUT2D eigenvalue weighted by atomic mass is 79.9. The van der Waals surface area contributed by atoms with E-state index in [2.05, 4.69) is 33.4 Å². The Kier molecular flexibility index (Phi) is 5.62. The zero-order valence-corrected chi connectivity index (χ0v) is 17.9. The molecular formula is C22H20BrNO3S. The molecule has 2 aromatic carbocycles. The highest BCUT2D eigenvalue weighted by Crippen LogP contribution is 2.43.